The van der Waals surface area contributed by atoms with Crippen LogP contribution in [-0.4, -0.2) is 56.5 Å². The lowest BCUT2D eigenvalue weighted by atomic mass is 10.1. The third kappa shape index (κ3) is 6.26. The number of sulfonamides is 1. The van der Waals surface area contributed by atoms with Crippen molar-refractivity contribution in [2.75, 3.05) is 26.1 Å². The molecule has 0 saturated heterocycles. The normalized spacial score (nSPS) is 12.1. The number of nitrogens with zero attached hydrogens (tertiary/aromatic N) is 2. The van der Waals surface area contributed by atoms with E-state index in [1.807, 2.05) is 4.72 Å². The van der Waals surface area contributed by atoms with Crippen molar-refractivity contribution in [1.29, 1.82) is 0 Å². The first-order valence-electron chi connectivity index (χ1n) is 8.42. The van der Waals surface area contributed by atoms with Gasteiger partial charge in [0.05, 0.1) is 25.2 Å². The number of carbonyl (C=O) groups is 1. The molecule has 0 radical (unpaired) electrons. The maximum atomic E-state index is 13.9. The molecule has 1 aromatic carbocycles. The first kappa shape index (κ1) is 22.3. The van der Waals surface area contributed by atoms with Gasteiger partial charge in [-0.3, -0.25) is 5.32 Å². The van der Waals surface area contributed by atoms with Crippen molar-refractivity contribution in [3.8, 4) is 11.8 Å². The average molecular weight is 428 g/mol. The van der Waals surface area contributed by atoms with Crippen molar-refractivity contribution in [3.05, 3.63) is 35.9 Å². The van der Waals surface area contributed by atoms with Gasteiger partial charge in [0.2, 0.25) is 17.7 Å². The first-order valence-corrected chi connectivity index (χ1v) is 9.91. The van der Waals surface area contributed by atoms with Gasteiger partial charge in [0.25, 0.3) is 10.0 Å². The quantitative estimate of drug-likeness (QED) is 0.542. The zero-order valence-corrected chi connectivity index (χ0v) is 16.6. The summed E-state index contributed by atoms with van der Waals surface area (Å²) >= 11 is 0. The molecule has 1 unspecified atom stereocenters. The number of aromatic nitrogens is 2. The molecule has 0 aliphatic rings. The summed E-state index contributed by atoms with van der Waals surface area (Å²) in [6.45, 7) is -0.360. The van der Waals surface area contributed by atoms with E-state index < -0.39 is 22.2 Å². The molecule has 29 heavy (non-hydrogen) atoms. The summed E-state index contributed by atoms with van der Waals surface area (Å²) in [7, 11) is -1.61. The topological polar surface area (TPSA) is 140 Å². The van der Waals surface area contributed by atoms with Crippen LogP contribution in [0.1, 0.15) is 12.0 Å². The van der Waals surface area contributed by atoms with E-state index in [9.17, 15) is 17.6 Å². The van der Waals surface area contributed by atoms with E-state index in [4.69, 9.17) is 14.6 Å². The molecular weight excluding hydrogens is 407 g/mol. The SMILES string of the molecule is COc1cc(OC)nc(NC(=O)NS(=O)(=O)c2ccccc2CC(F)CCO)n1. The number of carbonyl (C=O) groups excluding carboxylic acids is 1. The Morgan fingerprint density at radius 1 is 1.21 bits per heavy atom. The van der Waals surface area contributed by atoms with Crippen LogP contribution in [0.5, 0.6) is 11.8 Å². The van der Waals surface area contributed by atoms with Crippen molar-refractivity contribution in [3.63, 3.8) is 0 Å². The molecule has 0 bridgehead atoms. The van der Waals surface area contributed by atoms with Crippen molar-refractivity contribution in [2.24, 2.45) is 0 Å². The first-order chi connectivity index (χ1) is 13.8. The lowest BCUT2D eigenvalue weighted by Crippen LogP contribution is -2.35. The van der Waals surface area contributed by atoms with Gasteiger partial charge in [-0.2, -0.15) is 9.97 Å². The summed E-state index contributed by atoms with van der Waals surface area (Å²) in [5.41, 5.74) is 0.174. The molecule has 2 amide bonds. The number of alkyl halides is 1. The number of anilines is 1. The third-order valence-corrected chi connectivity index (χ3v) is 5.13. The highest BCUT2D eigenvalue weighted by Gasteiger charge is 2.23. The van der Waals surface area contributed by atoms with Gasteiger partial charge >= 0.3 is 6.03 Å². The smallest absolute Gasteiger partial charge is 0.335 e. The van der Waals surface area contributed by atoms with Crippen molar-refractivity contribution >= 4 is 22.0 Å². The minimum atomic E-state index is -4.31. The van der Waals surface area contributed by atoms with E-state index in [1.165, 1.54) is 38.5 Å². The second-order valence-electron chi connectivity index (χ2n) is 5.76. The van der Waals surface area contributed by atoms with Gasteiger partial charge in [0.1, 0.15) is 6.17 Å². The number of rotatable bonds is 9. The summed E-state index contributed by atoms with van der Waals surface area (Å²) in [6, 6.07) is 5.94. The monoisotopic (exact) mass is 428 g/mol. The van der Waals surface area contributed by atoms with Gasteiger partial charge in [0.15, 0.2) is 0 Å². The molecule has 12 heteroatoms. The van der Waals surface area contributed by atoms with Crippen molar-refractivity contribution in [2.45, 2.75) is 23.9 Å². The Balaban J connectivity index is 2.18. The van der Waals surface area contributed by atoms with Gasteiger partial charge in [-0.1, -0.05) is 18.2 Å². The van der Waals surface area contributed by atoms with Gasteiger partial charge in [-0.15, -0.1) is 0 Å². The van der Waals surface area contributed by atoms with Crippen molar-refractivity contribution in [1.82, 2.24) is 14.7 Å². The van der Waals surface area contributed by atoms with Crippen LogP contribution in [0.3, 0.4) is 0 Å². The fourth-order valence-electron chi connectivity index (χ4n) is 2.39. The molecule has 2 rings (SSSR count). The Labute approximate surface area is 167 Å². The predicted octanol–water partition coefficient (Wildman–Crippen LogP) is 1.27. The van der Waals surface area contributed by atoms with Crippen LogP contribution in [0.2, 0.25) is 0 Å². The number of benzene rings is 1. The molecule has 0 aliphatic heterocycles. The fourth-order valence-corrected chi connectivity index (χ4v) is 3.55. The molecule has 2 aromatic rings. The van der Waals surface area contributed by atoms with E-state index >= 15 is 0 Å². The van der Waals surface area contributed by atoms with Crippen LogP contribution < -0.4 is 19.5 Å². The minimum absolute atomic E-state index is 0.0956. The molecule has 1 heterocycles. The molecule has 0 spiro atoms. The van der Waals surface area contributed by atoms with Crippen LogP contribution in [-0.2, 0) is 16.4 Å². The molecule has 0 saturated carbocycles. The number of aliphatic hydroxyl groups is 1. The van der Waals surface area contributed by atoms with Gasteiger partial charge in [0, 0.05) is 19.4 Å². The molecule has 1 atom stereocenters. The van der Waals surface area contributed by atoms with E-state index in [2.05, 4.69) is 15.3 Å². The Morgan fingerprint density at radius 3 is 2.41 bits per heavy atom. The largest absolute Gasteiger partial charge is 0.481 e. The van der Waals surface area contributed by atoms with Crippen LogP contribution in [0, 0.1) is 0 Å². The van der Waals surface area contributed by atoms with Gasteiger partial charge < -0.3 is 14.6 Å². The van der Waals surface area contributed by atoms with Crippen LogP contribution in [0.4, 0.5) is 15.1 Å². The summed E-state index contributed by atoms with van der Waals surface area (Å²) in [5.74, 6) is -0.0506. The summed E-state index contributed by atoms with van der Waals surface area (Å²) in [6.07, 6.45) is -1.78. The minimum Gasteiger partial charge on any atom is -0.481 e. The maximum Gasteiger partial charge on any atom is 0.335 e. The maximum absolute atomic E-state index is 13.9. The lowest BCUT2D eigenvalue weighted by Gasteiger charge is -2.13. The summed E-state index contributed by atoms with van der Waals surface area (Å²) in [4.78, 5) is 19.6. The highest BCUT2D eigenvalue weighted by molar-refractivity contribution is 7.90. The van der Waals surface area contributed by atoms with E-state index in [0.717, 1.165) is 0 Å². The summed E-state index contributed by atoms with van der Waals surface area (Å²) in [5, 5.41) is 11.0. The lowest BCUT2D eigenvalue weighted by molar-refractivity contribution is 0.219. The van der Waals surface area contributed by atoms with Crippen LogP contribution >= 0.6 is 0 Å². The number of hydrogen-bond donors (Lipinski definition) is 3. The molecule has 0 fully saturated rings. The number of halogens is 1. The highest BCUT2D eigenvalue weighted by Crippen LogP contribution is 2.20. The fraction of sp³-hybridized carbons (Fsp3) is 0.353. The van der Waals surface area contributed by atoms with Crippen molar-refractivity contribution < 1.29 is 32.2 Å². The number of methoxy groups -OCH3 is 2. The number of urea groups is 1. The molecule has 158 valence electrons. The average Bonchev–Trinajstić information content (AvgIpc) is 2.67. The van der Waals surface area contributed by atoms with Gasteiger partial charge in [-0.05, 0) is 11.6 Å². The van der Waals surface area contributed by atoms with Crippen LogP contribution in [0.25, 0.3) is 0 Å². The molecule has 0 aliphatic carbocycles. The number of aliphatic hydroxyl groups excluding tert-OH is 1. The van der Waals surface area contributed by atoms with E-state index in [-0.39, 0.29) is 47.6 Å². The number of ether oxygens (including phenoxy) is 2. The Morgan fingerprint density at radius 2 is 1.83 bits per heavy atom. The van der Waals surface area contributed by atoms with Gasteiger partial charge in [-0.25, -0.2) is 22.3 Å². The Bertz CT molecular complexity index is 934. The number of nitrogens with one attached hydrogen (secondary N) is 2. The summed E-state index contributed by atoms with van der Waals surface area (Å²) < 4.78 is 50.8. The Kier molecular flexibility index (Phi) is 7.67. The van der Waals surface area contributed by atoms with Crippen LogP contribution in [0.15, 0.2) is 35.2 Å². The Hall–Kier alpha value is -2.99. The zero-order valence-electron chi connectivity index (χ0n) is 15.8. The second-order valence-corrected chi connectivity index (χ2v) is 7.41. The predicted molar refractivity (Wildman–Crippen MR) is 101 cm³/mol. The molecule has 10 nitrogen and oxygen atoms in total. The molecule has 1 aromatic heterocycles. The molecular formula is C17H21FN4O6S. The van der Waals surface area contributed by atoms with E-state index in [0.29, 0.717) is 0 Å². The molecule has 3 N–H and O–H groups in total. The third-order valence-electron chi connectivity index (χ3n) is 3.70. The number of hydrogen-bond acceptors (Lipinski definition) is 8. The second kappa shape index (κ2) is 9.98. The standard InChI is InChI=1S/C17H21FN4O6S/c1-27-14-10-15(28-2)20-16(19-14)21-17(24)22-29(25,26)13-6-4-3-5-11(13)9-12(18)7-8-23/h3-6,10,12,23H,7-9H2,1-2H3,(H2,19,20,21,22,24). The number of amides is 2. The zero-order chi connectivity index (χ0) is 21.4. The van der Waals surface area contributed by atoms with E-state index in [1.54, 1.807) is 6.07 Å². The highest BCUT2D eigenvalue weighted by atomic mass is 32.2.